The van der Waals surface area contributed by atoms with E-state index >= 15 is 0 Å². The summed E-state index contributed by atoms with van der Waals surface area (Å²) in [6.07, 6.45) is 6.33. The number of fused-ring (bicyclic) bond motifs is 1. The molecule has 1 aliphatic rings. The van der Waals surface area contributed by atoms with E-state index in [0.717, 1.165) is 31.2 Å². The third-order valence-corrected chi connectivity index (χ3v) is 3.94. The van der Waals surface area contributed by atoms with Gasteiger partial charge in [-0.15, -0.1) is 6.58 Å². The molecule has 20 heavy (non-hydrogen) atoms. The Balaban J connectivity index is 2.24. The van der Waals surface area contributed by atoms with Gasteiger partial charge in [-0.05, 0) is 51.7 Å². The van der Waals surface area contributed by atoms with Gasteiger partial charge in [0, 0.05) is 11.1 Å². The fourth-order valence-electron chi connectivity index (χ4n) is 3.08. The van der Waals surface area contributed by atoms with Gasteiger partial charge in [0.1, 0.15) is 0 Å². The highest BCUT2D eigenvalue weighted by Gasteiger charge is 2.41. The average molecular weight is 271 g/mol. The first-order valence-electron chi connectivity index (χ1n) is 7.50. The van der Waals surface area contributed by atoms with Gasteiger partial charge in [0.05, 0.1) is 6.04 Å². The van der Waals surface area contributed by atoms with Crippen LogP contribution < -0.4 is 0 Å². The second-order valence-electron chi connectivity index (χ2n) is 6.52. The molecule has 1 unspecified atom stereocenters. The van der Waals surface area contributed by atoms with E-state index in [0.29, 0.717) is 0 Å². The van der Waals surface area contributed by atoms with Crippen molar-refractivity contribution in [2.75, 3.05) is 0 Å². The molecule has 1 aliphatic heterocycles. The molecule has 2 heteroatoms. The van der Waals surface area contributed by atoms with Crippen LogP contribution in [-0.4, -0.2) is 16.3 Å². The summed E-state index contributed by atoms with van der Waals surface area (Å²) in [6.45, 7) is 10.1. The maximum Gasteiger partial charge on any atom is 0.255 e. The zero-order chi connectivity index (χ0) is 14.8. The molecule has 1 atom stereocenters. The number of unbranched alkanes of at least 4 members (excludes halogenated alkanes) is 2. The van der Waals surface area contributed by atoms with Crippen LogP contribution in [0.25, 0.3) is 0 Å². The molecule has 0 radical (unpaired) electrons. The summed E-state index contributed by atoms with van der Waals surface area (Å²) in [5.74, 6) is 0.182. The molecule has 0 spiro atoms. The van der Waals surface area contributed by atoms with Crippen LogP contribution in [0.5, 0.6) is 0 Å². The first-order chi connectivity index (χ1) is 9.46. The van der Waals surface area contributed by atoms with Crippen molar-refractivity contribution in [1.82, 2.24) is 4.90 Å². The van der Waals surface area contributed by atoms with Gasteiger partial charge in [0.15, 0.2) is 0 Å². The van der Waals surface area contributed by atoms with Crippen LogP contribution in [0.4, 0.5) is 0 Å². The SMILES string of the molecule is C=CCCCCC1c2ccccc2C(=O)N1C(C)(C)C. The summed E-state index contributed by atoms with van der Waals surface area (Å²) in [7, 11) is 0. The van der Waals surface area contributed by atoms with E-state index in [-0.39, 0.29) is 17.5 Å². The normalized spacial score (nSPS) is 18.2. The fourth-order valence-corrected chi connectivity index (χ4v) is 3.08. The number of rotatable bonds is 5. The Hall–Kier alpha value is -1.57. The van der Waals surface area contributed by atoms with Crippen molar-refractivity contribution in [3.8, 4) is 0 Å². The molecule has 0 saturated heterocycles. The zero-order valence-electron chi connectivity index (χ0n) is 12.9. The lowest BCUT2D eigenvalue weighted by Gasteiger charge is -2.37. The highest BCUT2D eigenvalue weighted by atomic mass is 16.2. The Morgan fingerprint density at radius 2 is 1.95 bits per heavy atom. The molecule has 0 fully saturated rings. The lowest BCUT2D eigenvalue weighted by atomic mass is 9.97. The van der Waals surface area contributed by atoms with Crippen LogP contribution in [0.15, 0.2) is 36.9 Å². The Kier molecular flexibility index (Phi) is 4.32. The van der Waals surface area contributed by atoms with Crippen LogP contribution in [0, 0.1) is 0 Å². The highest BCUT2D eigenvalue weighted by molar-refractivity contribution is 5.99. The number of benzene rings is 1. The lowest BCUT2D eigenvalue weighted by molar-refractivity contribution is 0.0485. The van der Waals surface area contributed by atoms with E-state index in [9.17, 15) is 4.79 Å². The first-order valence-corrected chi connectivity index (χ1v) is 7.50. The van der Waals surface area contributed by atoms with Crippen LogP contribution in [0.1, 0.15) is 68.4 Å². The molecule has 1 heterocycles. The number of hydrogen-bond donors (Lipinski definition) is 0. The minimum Gasteiger partial charge on any atom is -0.327 e. The smallest absolute Gasteiger partial charge is 0.255 e. The van der Waals surface area contributed by atoms with E-state index in [1.54, 1.807) is 0 Å². The molecule has 1 amide bonds. The van der Waals surface area contributed by atoms with Crippen molar-refractivity contribution in [2.24, 2.45) is 0 Å². The topological polar surface area (TPSA) is 20.3 Å². The maximum absolute atomic E-state index is 12.7. The Labute approximate surface area is 122 Å². The molecule has 0 aliphatic carbocycles. The number of amides is 1. The standard InChI is InChI=1S/C18H25NO/c1-5-6-7-8-13-16-14-11-9-10-12-15(14)17(20)19(16)18(2,3)4/h5,9-12,16H,1,6-8,13H2,2-4H3. The van der Waals surface area contributed by atoms with Gasteiger partial charge < -0.3 is 4.90 Å². The molecule has 2 rings (SSSR count). The van der Waals surface area contributed by atoms with E-state index in [1.165, 1.54) is 5.56 Å². The summed E-state index contributed by atoms with van der Waals surface area (Å²) in [5, 5.41) is 0. The van der Waals surface area contributed by atoms with Crippen molar-refractivity contribution >= 4 is 5.91 Å². The van der Waals surface area contributed by atoms with Crippen molar-refractivity contribution in [3.63, 3.8) is 0 Å². The molecule has 0 aromatic heterocycles. The van der Waals surface area contributed by atoms with Gasteiger partial charge in [-0.25, -0.2) is 0 Å². The number of carbonyl (C=O) groups excluding carboxylic acids is 1. The Bertz CT molecular complexity index is 498. The second kappa shape index (κ2) is 5.82. The summed E-state index contributed by atoms with van der Waals surface area (Å²) in [4.78, 5) is 14.7. The average Bonchev–Trinajstić information content (AvgIpc) is 2.68. The van der Waals surface area contributed by atoms with Crippen molar-refractivity contribution in [2.45, 2.75) is 58.0 Å². The van der Waals surface area contributed by atoms with Crippen molar-refractivity contribution in [3.05, 3.63) is 48.0 Å². The van der Waals surface area contributed by atoms with Crippen LogP contribution in [0.3, 0.4) is 0 Å². The molecule has 1 aromatic rings. The van der Waals surface area contributed by atoms with Gasteiger partial charge in [-0.3, -0.25) is 4.79 Å². The van der Waals surface area contributed by atoms with E-state index < -0.39 is 0 Å². The van der Waals surface area contributed by atoms with E-state index in [1.807, 2.05) is 24.3 Å². The molecule has 0 bridgehead atoms. The maximum atomic E-state index is 12.7. The Morgan fingerprint density at radius 1 is 1.25 bits per heavy atom. The molecular weight excluding hydrogens is 246 g/mol. The predicted molar refractivity (Wildman–Crippen MR) is 83.8 cm³/mol. The molecule has 1 aromatic carbocycles. The predicted octanol–water partition coefficient (Wildman–Crippen LogP) is 4.73. The minimum absolute atomic E-state index is 0.140. The molecule has 0 saturated carbocycles. The largest absolute Gasteiger partial charge is 0.327 e. The van der Waals surface area contributed by atoms with Crippen molar-refractivity contribution < 1.29 is 4.79 Å². The van der Waals surface area contributed by atoms with Gasteiger partial charge in [0.2, 0.25) is 0 Å². The first kappa shape index (κ1) is 14.8. The van der Waals surface area contributed by atoms with Crippen LogP contribution in [0.2, 0.25) is 0 Å². The fraction of sp³-hybridized carbons (Fsp3) is 0.500. The quantitative estimate of drug-likeness (QED) is 0.560. The molecule has 0 N–H and O–H groups in total. The minimum atomic E-state index is -0.140. The van der Waals surface area contributed by atoms with Gasteiger partial charge in [-0.1, -0.05) is 30.7 Å². The number of hydrogen-bond acceptors (Lipinski definition) is 1. The third kappa shape index (κ3) is 2.79. The summed E-state index contributed by atoms with van der Waals surface area (Å²) in [5.41, 5.74) is 1.95. The summed E-state index contributed by atoms with van der Waals surface area (Å²) >= 11 is 0. The Morgan fingerprint density at radius 3 is 2.60 bits per heavy atom. The lowest BCUT2D eigenvalue weighted by Crippen LogP contribution is -2.43. The number of carbonyl (C=O) groups is 1. The van der Waals surface area contributed by atoms with Gasteiger partial charge in [-0.2, -0.15) is 0 Å². The third-order valence-electron chi connectivity index (χ3n) is 3.94. The highest BCUT2D eigenvalue weighted by Crippen LogP contribution is 2.41. The molecule has 108 valence electrons. The zero-order valence-corrected chi connectivity index (χ0v) is 12.9. The molecular formula is C18H25NO. The van der Waals surface area contributed by atoms with Crippen LogP contribution >= 0.6 is 0 Å². The van der Waals surface area contributed by atoms with Crippen molar-refractivity contribution in [1.29, 1.82) is 0 Å². The monoisotopic (exact) mass is 271 g/mol. The second-order valence-corrected chi connectivity index (χ2v) is 6.52. The van der Waals surface area contributed by atoms with Gasteiger partial charge >= 0.3 is 0 Å². The van der Waals surface area contributed by atoms with E-state index in [2.05, 4.69) is 38.3 Å². The van der Waals surface area contributed by atoms with Gasteiger partial charge in [0.25, 0.3) is 5.91 Å². The molecule has 2 nitrogen and oxygen atoms in total. The summed E-state index contributed by atoms with van der Waals surface area (Å²) < 4.78 is 0. The number of allylic oxidation sites excluding steroid dienone is 1. The summed E-state index contributed by atoms with van der Waals surface area (Å²) in [6, 6.07) is 8.28. The number of nitrogens with zero attached hydrogens (tertiary/aromatic N) is 1. The van der Waals surface area contributed by atoms with Crippen LogP contribution in [-0.2, 0) is 0 Å². The van der Waals surface area contributed by atoms with E-state index in [4.69, 9.17) is 0 Å².